The fourth-order valence-corrected chi connectivity index (χ4v) is 2.50. The lowest BCUT2D eigenvalue weighted by atomic mass is 10.2. The Morgan fingerprint density at radius 1 is 1.18 bits per heavy atom. The third kappa shape index (κ3) is 4.27. The van der Waals surface area contributed by atoms with Crippen molar-refractivity contribution in [2.45, 2.75) is 13.5 Å². The normalized spacial score (nSPS) is 15.7. The Kier molecular flexibility index (Phi) is 5.49. The molecule has 6 heteroatoms. The molecule has 1 heterocycles. The van der Waals surface area contributed by atoms with E-state index in [0.29, 0.717) is 38.3 Å². The molecule has 0 saturated carbocycles. The van der Waals surface area contributed by atoms with Crippen molar-refractivity contribution >= 4 is 11.8 Å². The molecule has 1 saturated heterocycles. The van der Waals surface area contributed by atoms with E-state index >= 15 is 0 Å². The van der Waals surface area contributed by atoms with E-state index in [-0.39, 0.29) is 24.2 Å². The Balaban J connectivity index is 1.82. The van der Waals surface area contributed by atoms with E-state index in [9.17, 15) is 14.0 Å². The van der Waals surface area contributed by atoms with Crippen LogP contribution in [0, 0.1) is 5.82 Å². The van der Waals surface area contributed by atoms with Crippen LogP contribution in [-0.4, -0.2) is 66.3 Å². The van der Waals surface area contributed by atoms with Crippen LogP contribution < -0.4 is 0 Å². The molecule has 2 amide bonds. The highest BCUT2D eigenvalue weighted by atomic mass is 19.1. The molecule has 1 aliphatic rings. The predicted octanol–water partition coefficient (Wildman–Crippen LogP) is 0.948. The third-order valence-electron chi connectivity index (χ3n) is 3.97. The number of piperazine rings is 1. The van der Waals surface area contributed by atoms with Crippen LogP contribution in [0.5, 0.6) is 0 Å². The van der Waals surface area contributed by atoms with Crippen LogP contribution in [0.3, 0.4) is 0 Å². The Labute approximate surface area is 130 Å². The fourth-order valence-electron chi connectivity index (χ4n) is 2.50. The van der Waals surface area contributed by atoms with Gasteiger partial charge in [-0.3, -0.25) is 14.5 Å². The maximum absolute atomic E-state index is 13.6. The molecule has 0 aromatic heterocycles. The summed E-state index contributed by atoms with van der Waals surface area (Å²) in [5.41, 5.74) is 0.514. The third-order valence-corrected chi connectivity index (χ3v) is 3.97. The molecule has 1 aromatic carbocycles. The van der Waals surface area contributed by atoms with Crippen LogP contribution in [0.4, 0.5) is 4.39 Å². The summed E-state index contributed by atoms with van der Waals surface area (Å²) in [6, 6.07) is 6.48. The van der Waals surface area contributed by atoms with Crippen molar-refractivity contribution in [1.29, 1.82) is 0 Å². The number of carbonyl (C=O) groups is 2. The maximum Gasteiger partial charge on any atom is 0.236 e. The van der Waals surface area contributed by atoms with Crippen molar-refractivity contribution in [1.82, 2.24) is 14.7 Å². The van der Waals surface area contributed by atoms with Gasteiger partial charge in [-0.2, -0.15) is 0 Å². The van der Waals surface area contributed by atoms with Gasteiger partial charge in [-0.05, 0) is 6.07 Å². The smallest absolute Gasteiger partial charge is 0.236 e. The zero-order valence-electron chi connectivity index (χ0n) is 13.1. The van der Waals surface area contributed by atoms with Gasteiger partial charge in [-0.25, -0.2) is 4.39 Å². The molecule has 1 aromatic rings. The number of hydrogen-bond donors (Lipinski definition) is 0. The number of amides is 2. The molecule has 0 spiro atoms. The summed E-state index contributed by atoms with van der Waals surface area (Å²) in [5.74, 6) is -0.264. The highest BCUT2D eigenvalue weighted by Crippen LogP contribution is 2.09. The van der Waals surface area contributed by atoms with Crippen molar-refractivity contribution in [2.24, 2.45) is 0 Å². The number of nitrogens with zero attached hydrogens (tertiary/aromatic N) is 3. The minimum Gasteiger partial charge on any atom is -0.340 e. The van der Waals surface area contributed by atoms with Crippen LogP contribution >= 0.6 is 0 Å². The van der Waals surface area contributed by atoms with Crippen molar-refractivity contribution in [2.75, 3.05) is 39.8 Å². The Bertz CT molecular complexity index is 542. The highest BCUT2D eigenvalue weighted by Gasteiger charge is 2.21. The number of halogens is 1. The zero-order chi connectivity index (χ0) is 16.1. The van der Waals surface area contributed by atoms with Gasteiger partial charge < -0.3 is 9.80 Å². The number of carbonyl (C=O) groups excluding carboxylic acids is 2. The molecule has 0 atom stereocenters. The first-order chi connectivity index (χ1) is 10.5. The summed E-state index contributed by atoms with van der Waals surface area (Å²) in [4.78, 5) is 28.8. The van der Waals surface area contributed by atoms with Gasteiger partial charge in [0.05, 0.1) is 6.54 Å². The molecule has 1 fully saturated rings. The summed E-state index contributed by atoms with van der Waals surface area (Å²) < 4.78 is 13.6. The topological polar surface area (TPSA) is 43.9 Å². The molecule has 5 nitrogen and oxygen atoms in total. The van der Waals surface area contributed by atoms with E-state index in [2.05, 4.69) is 0 Å². The number of benzene rings is 1. The van der Waals surface area contributed by atoms with E-state index in [1.807, 2.05) is 4.90 Å². The summed E-state index contributed by atoms with van der Waals surface area (Å²) in [5, 5.41) is 0. The summed E-state index contributed by atoms with van der Waals surface area (Å²) >= 11 is 0. The lowest BCUT2D eigenvalue weighted by molar-refractivity contribution is -0.133. The Morgan fingerprint density at radius 3 is 2.41 bits per heavy atom. The second-order valence-corrected chi connectivity index (χ2v) is 5.62. The van der Waals surface area contributed by atoms with E-state index in [0.717, 1.165) is 0 Å². The standard InChI is InChI=1S/C16H22FN3O2/c1-13(21)20-9-7-19(8-10-20)12-16(22)18(2)11-14-5-3-4-6-15(14)17/h3-6H,7-12H2,1-2H3. The first-order valence-electron chi connectivity index (χ1n) is 7.42. The van der Waals surface area contributed by atoms with E-state index < -0.39 is 0 Å². The first-order valence-corrected chi connectivity index (χ1v) is 7.42. The Morgan fingerprint density at radius 2 is 1.82 bits per heavy atom. The summed E-state index contributed by atoms with van der Waals surface area (Å²) in [6.07, 6.45) is 0. The molecular formula is C16H22FN3O2. The van der Waals surface area contributed by atoms with Crippen molar-refractivity contribution < 1.29 is 14.0 Å². The molecule has 120 valence electrons. The van der Waals surface area contributed by atoms with E-state index in [1.165, 1.54) is 11.0 Å². The van der Waals surface area contributed by atoms with Gasteiger partial charge in [0.2, 0.25) is 11.8 Å². The summed E-state index contributed by atoms with van der Waals surface area (Å²) in [6.45, 7) is 4.82. The van der Waals surface area contributed by atoms with E-state index in [4.69, 9.17) is 0 Å². The average molecular weight is 307 g/mol. The van der Waals surface area contributed by atoms with Crippen molar-refractivity contribution in [3.63, 3.8) is 0 Å². The predicted molar refractivity (Wildman–Crippen MR) is 81.6 cm³/mol. The lowest BCUT2D eigenvalue weighted by Crippen LogP contribution is -2.50. The molecule has 0 radical (unpaired) electrons. The van der Waals surface area contributed by atoms with Crippen molar-refractivity contribution in [3.05, 3.63) is 35.6 Å². The van der Waals surface area contributed by atoms with Crippen LogP contribution in [0.25, 0.3) is 0 Å². The van der Waals surface area contributed by atoms with Crippen LogP contribution in [-0.2, 0) is 16.1 Å². The molecule has 1 aliphatic heterocycles. The van der Waals surface area contributed by atoms with Gasteiger partial charge in [-0.1, -0.05) is 18.2 Å². The SMILES string of the molecule is CC(=O)N1CCN(CC(=O)N(C)Cc2ccccc2F)CC1. The number of rotatable bonds is 4. The molecule has 0 N–H and O–H groups in total. The van der Waals surface area contributed by atoms with Gasteiger partial charge in [-0.15, -0.1) is 0 Å². The minimum absolute atomic E-state index is 0.0421. The van der Waals surface area contributed by atoms with Gasteiger partial charge >= 0.3 is 0 Å². The quantitative estimate of drug-likeness (QED) is 0.832. The highest BCUT2D eigenvalue weighted by molar-refractivity contribution is 5.78. The first kappa shape index (κ1) is 16.4. The number of likely N-dealkylation sites (N-methyl/N-ethyl adjacent to an activating group) is 1. The monoisotopic (exact) mass is 307 g/mol. The average Bonchev–Trinajstić information content (AvgIpc) is 2.50. The van der Waals surface area contributed by atoms with Crippen molar-refractivity contribution in [3.8, 4) is 0 Å². The minimum atomic E-state index is -0.294. The van der Waals surface area contributed by atoms with Gasteiger partial charge in [0.15, 0.2) is 0 Å². The molecule has 2 rings (SSSR count). The molecular weight excluding hydrogens is 285 g/mol. The maximum atomic E-state index is 13.6. The van der Waals surface area contributed by atoms with Gasteiger partial charge in [0, 0.05) is 52.3 Å². The lowest BCUT2D eigenvalue weighted by Gasteiger charge is -2.34. The Hall–Kier alpha value is -1.95. The molecule has 22 heavy (non-hydrogen) atoms. The van der Waals surface area contributed by atoms with E-state index in [1.54, 1.807) is 37.1 Å². The molecule has 0 unspecified atom stereocenters. The van der Waals surface area contributed by atoms with Crippen LogP contribution in [0.15, 0.2) is 24.3 Å². The fraction of sp³-hybridized carbons (Fsp3) is 0.500. The molecule has 0 bridgehead atoms. The second kappa shape index (κ2) is 7.35. The van der Waals surface area contributed by atoms with Crippen LogP contribution in [0.2, 0.25) is 0 Å². The second-order valence-electron chi connectivity index (χ2n) is 5.62. The van der Waals surface area contributed by atoms with Gasteiger partial charge in [0.25, 0.3) is 0 Å². The summed E-state index contributed by atoms with van der Waals surface area (Å²) in [7, 11) is 1.68. The zero-order valence-corrected chi connectivity index (χ0v) is 13.1. The largest absolute Gasteiger partial charge is 0.340 e. The number of hydrogen-bond acceptors (Lipinski definition) is 3. The van der Waals surface area contributed by atoms with Crippen LogP contribution in [0.1, 0.15) is 12.5 Å². The van der Waals surface area contributed by atoms with Gasteiger partial charge in [0.1, 0.15) is 5.82 Å². The molecule has 0 aliphatic carbocycles.